The molecule has 0 aromatic carbocycles. The molecule has 210 valence electrons. The van der Waals surface area contributed by atoms with Crippen molar-refractivity contribution in [3.8, 4) is 0 Å². The SMILES string of the molecule is CCCC(=O)O.CCCCC(CC)COC(=O)CC(C(=O)OCC(CC)CCCC)S(=O)(=O)O.[NaH].[SnH2]. The van der Waals surface area contributed by atoms with E-state index in [0.29, 0.717) is 6.42 Å². The minimum atomic E-state index is -4.76. The van der Waals surface area contributed by atoms with Crippen LogP contribution in [0.4, 0.5) is 0 Å². The molecule has 12 heteroatoms. The fourth-order valence-electron chi connectivity index (χ4n) is 3.03. The Morgan fingerprint density at radius 3 is 1.56 bits per heavy atom. The molecule has 9 nitrogen and oxygen atoms in total. The van der Waals surface area contributed by atoms with E-state index in [0.717, 1.165) is 57.8 Å². The van der Waals surface area contributed by atoms with Crippen LogP contribution in [0.3, 0.4) is 0 Å². The van der Waals surface area contributed by atoms with Gasteiger partial charge in [-0.1, -0.05) is 73.1 Å². The molecule has 3 atom stereocenters. The number of hydrogen-bond acceptors (Lipinski definition) is 7. The molecule has 0 fully saturated rings. The summed E-state index contributed by atoms with van der Waals surface area (Å²) in [6, 6.07) is 0. The van der Waals surface area contributed by atoms with E-state index < -0.39 is 39.7 Å². The number of aliphatic carboxylic acids is 1. The first-order valence-corrected chi connectivity index (χ1v) is 14.0. The average molecular weight is 655 g/mol. The molecule has 0 aliphatic heterocycles. The zero-order valence-corrected chi connectivity index (χ0v) is 27.1. The van der Waals surface area contributed by atoms with Gasteiger partial charge in [0.25, 0.3) is 10.1 Å². The van der Waals surface area contributed by atoms with Crippen LogP contribution in [0.25, 0.3) is 0 Å². The molecule has 0 heterocycles. The second-order valence-electron chi connectivity index (χ2n) is 8.50. The Morgan fingerprint density at radius 2 is 1.25 bits per heavy atom. The summed E-state index contributed by atoms with van der Waals surface area (Å²) in [6.07, 6.45) is 7.76. The molecule has 0 aromatic heterocycles. The molecule has 0 bridgehead atoms. The molecule has 0 aliphatic carbocycles. The average Bonchev–Trinajstić information content (AvgIpc) is 2.77. The summed E-state index contributed by atoms with van der Waals surface area (Å²) in [4.78, 5) is 33.8. The number of rotatable bonds is 18. The Balaban J connectivity index is -0.000000567. The van der Waals surface area contributed by atoms with Gasteiger partial charge >= 0.3 is 71.4 Å². The predicted molar refractivity (Wildman–Crippen MR) is 147 cm³/mol. The van der Waals surface area contributed by atoms with Crippen LogP contribution in [-0.4, -0.2) is 108 Å². The van der Waals surface area contributed by atoms with Crippen molar-refractivity contribution >= 4 is 81.5 Å². The van der Waals surface area contributed by atoms with Gasteiger partial charge in [0.2, 0.25) is 0 Å². The number of carbonyl (C=O) groups excluding carboxylic acids is 2. The zero-order chi connectivity index (χ0) is 26.6. The third-order valence-corrected chi connectivity index (χ3v) is 6.54. The first-order chi connectivity index (χ1) is 16.0. The fraction of sp³-hybridized carbons (Fsp3) is 0.875. The Labute approximate surface area is 257 Å². The van der Waals surface area contributed by atoms with Gasteiger partial charge in [-0.25, -0.2) is 0 Å². The quantitative estimate of drug-likeness (QED) is 0.129. The normalized spacial score (nSPS) is 12.9. The van der Waals surface area contributed by atoms with E-state index in [1.54, 1.807) is 0 Å². The first-order valence-electron chi connectivity index (χ1n) is 12.5. The van der Waals surface area contributed by atoms with E-state index in [9.17, 15) is 27.4 Å². The summed E-state index contributed by atoms with van der Waals surface area (Å²) in [6.45, 7) is 10.2. The molecule has 0 amide bonds. The van der Waals surface area contributed by atoms with E-state index in [4.69, 9.17) is 14.6 Å². The van der Waals surface area contributed by atoms with Crippen molar-refractivity contribution in [2.75, 3.05) is 13.2 Å². The molecule has 2 N–H and O–H groups in total. The number of esters is 2. The van der Waals surface area contributed by atoms with E-state index in [-0.39, 0.29) is 78.5 Å². The Kier molecular flexibility index (Phi) is 32.0. The Bertz CT molecular complexity index is 674. The van der Waals surface area contributed by atoms with Gasteiger partial charge in [-0.15, -0.1) is 0 Å². The topological polar surface area (TPSA) is 144 Å². The van der Waals surface area contributed by atoms with Crippen molar-refractivity contribution in [3.05, 3.63) is 0 Å². The van der Waals surface area contributed by atoms with Crippen LogP contribution in [0.15, 0.2) is 0 Å². The third-order valence-electron chi connectivity index (χ3n) is 5.47. The van der Waals surface area contributed by atoms with Gasteiger partial charge in [0.05, 0.1) is 19.6 Å². The predicted octanol–water partition coefficient (Wildman–Crippen LogP) is 3.46. The molecule has 0 saturated heterocycles. The van der Waals surface area contributed by atoms with Crippen molar-refractivity contribution in [1.29, 1.82) is 0 Å². The second kappa shape index (κ2) is 26.7. The molecule has 36 heavy (non-hydrogen) atoms. The van der Waals surface area contributed by atoms with Crippen molar-refractivity contribution in [3.63, 3.8) is 0 Å². The van der Waals surface area contributed by atoms with Crippen LogP contribution in [0.5, 0.6) is 0 Å². The zero-order valence-electron chi connectivity index (χ0n) is 22.3. The van der Waals surface area contributed by atoms with Crippen LogP contribution in [0.2, 0.25) is 0 Å². The number of hydrogen-bond donors (Lipinski definition) is 2. The Hall–Kier alpha value is 0.119. The maximum absolute atomic E-state index is 12.2. The van der Waals surface area contributed by atoms with E-state index in [2.05, 4.69) is 13.8 Å². The molecule has 3 unspecified atom stereocenters. The van der Waals surface area contributed by atoms with Crippen molar-refractivity contribution in [2.45, 2.75) is 110 Å². The van der Waals surface area contributed by atoms with Gasteiger partial charge in [0.15, 0.2) is 5.25 Å². The van der Waals surface area contributed by atoms with Crippen LogP contribution < -0.4 is 0 Å². The first kappa shape index (κ1) is 43.2. The molecular weight excluding hydrogens is 606 g/mol. The van der Waals surface area contributed by atoms with Crippen molar-refractivity contribution in [2.24, 2.45) is 11.8 Å². The maximum atomic E-state index is 12.2. The molecular formula is C24H49NaO9SSn. The second-order valence-corrected chi connectivity index (χ2v) is 10.1. The number of ether oxygens (including phenoxy) is 2. The summed E-state index contributed by atoms with van der Waals surface area (Å²) < 4.78 is 42.8. The van der Waals surface area contributed by atoms with Gasteiger partial charge in [0.1, 0.15) is 0 Å². The van der Waals surface area contributed by atoms with Crippen LogP contribution in [-0.2, 0) is 34.0 Å². The van der Waals surface area contributed by atoms with Crippen LogP contribution >= 0.6 is 0 Å². The molecule has 2 radical (unpaired) electrons. The van der Waals surface area contributed by atoms with Gasteiger partial charge < -0.3 is 14.6 Å². The van der Waals surface area contributed by atoms with E-state index >= 15 is 0 Å². The van der Waals surface area contributed by atoms with Crippen LogP contribution in [0.1, 0.15) is 105 Å². The summed E-state index contributed by atoms with van der Waals surface area (Å²) in [5.74, 6) is -2.32. The fourth-order valence-corrected chi connectivity index (χ4v) is 3.69. The number of carbonyl (C=O) groups is 3. The molecule has 0 saturated carbocycles. The molecule has 0 rings (SSSR count). The van der Waals surface area contributed by atoms with Crippen molar-refractivity contribution < 1.29 is 41.9 Å². The summed E-state index contributed by atoms with van der Waals surface area (Å²) in [5.41, 5.74) is 0. The Morgan fingerprint density at radius 1 is 0.806 bits per heavy atom. The monoisotopic (exact) mass is 656 g/mol. The molecule has 0 aliphatic rings. The van der Waals surface area contributed by atoms with Gasteiger partial charge in [-0.05, 0) is 31.1 Å². The van der Waals surface area contributed by atoms with Crippen LogP contribution in [0, 0.1) is 11.8 Å². The number of carboxylic acids is 1. The van der Waals surface area contributed by atoms with E-state index in [1.165, 1.54) is 0 Å². The summed E-state index contributed by atoms with van der Waals surface area (Å²) in [7, 11) is -4.76. The number of unbranched alkanes of at least 4 members (excludes halogenated alkanes) is 2. The van der Waals surface area contributed by atoms with Gasteiger partial charge in [0, 0.05) is 6.42 Å². The molecule has 0 aromatic rings. The minimum absolute atomic E-state index is 0. The number of carboxylic acid groups (broad SMARTS) is 1. The summed E-state index contributed by atoms with van der Waals surface area (Å²) in [5, 5.41) is 5.97. The summed E-state index contributed by atoms with van der Waals surface area (Å²) >= 11 is 0. The van der Waals surface area contributed by atoms with Gasteiger partial charge in [-0.3, -0.25) is 18.9 Å². The van der Waals surface area contributed by atoms with E-state index in [1.807, 2.05) is 20.8 Å². The van der Waals surface area contributed by atoms with Gasteiger partial charge in [-0.2, -0.15) is 8.42 Å². The molecule has 0 spiro atoms. The van der Waals surface area contributed by atoms with Crippen molar-refractivity contribution in [1.82, 2.24) is 0 Å². The standard InChI is InChI=1S/C20H38O7S.C4H8O2.Na.Sn.3H/c1-5-9-11-16(7-3)14-26-19(21)13-18(28(23,24)25)20(22)27-15-17(8-4)12-10-6-2;1-2-3-4(5)6;;;;;/h16-18H,5-15H2,1-4H3,(H,23,24,25);2-3H2,1H3,(H,5,6);;;;;. The third kappa shape index (κ3) is 24.5.